The number of amides is 4. The maximum atomic E-state index is 13.0. The van der Waals surface area contributed by atoms with Crippen LogP contribution >= 0.6 is 0 Å². The molecule has 2 aromatic rings. The smallest absolute Gasteiger partial charge is 0.325 e. The molecule has 0 unspecified atom stereocenters. The Morgan fingerprint density at radius 3 is 2.23 bits per heavy atom. The van der Waals surface area contributed by atoms with Gasteiger partial charge in [-0.15, -0.1) is 0 Å². The number of anilines is 1. The summed E-state index contributed by atoms with van der Waals surface area (Å²) in [6.45, 7) is 6.20. The number of nitrogens with one attached hydrogen (secondary N) is 2. The van der Waals surface area contributed by atoms with Crippen LogP contribution in [0.3, 0.4) is 0 Å². The lowest BCUT2D eigenvalue weighted by Crippen LogP contribution is -2.42. The van der Waals surface area contributed by atoms with Crippen molar-refractivity contribution in [1.29, 1.82) is 0 Å². The van der Waals surface area contributed by atoms with Crippen LogP contribution in [0, 0.1) is 11.8 Å². The minimum atomic E-state index is -3.63. The standard InChI is InChI=1S/C25H30N4O5S/c1-17-13-18(2)15-28(14-17)35(33,34)21-11-9-20(10-12-21)26-22(30)16-29-23(31)25(3,27-24(29)32)19-7-5-4-6-8-19/h4-12,17-18H,13-16H2,1-3H3,(H,26,30)(H,27,32)/t17-,18+,25-/m0/s1. The summed E-state index contributed by atoms with van der Waals surface area (Å²) in [7, 11) is -3.63. The summed E-state index contributed by atoms with van der Waals surface area (Å²) < 4.78 is 27.6. The molecule has 10 heteroatoms. The van der Waals surface area contributed by atoms with E-state index in [4.69, 9.17) is 0 Å². The zero-order chi connectivity index (χ0) is 25.4. The average molecular weight is 499 g/mol. The fourth-order valence-corrected chi connectivity index (χ4v) is 6.49. The summed E-state index contributed by atoms with van der Waals surface area (Å²) in [6, 6.07) is 14.1. The zero-order valence-electron chi connectivity index (χ0n) is 20.0. The van der Waals surface area contributed by atoms with Gasteiger partial charge in [0.1, 0.15) is 12.1 Å². The second kappa shape index (κ2) is 9.43. The van der Waals surface area contributed by atoms with Gasteiger partial charge in [0.2, 0.25) is 15.9 Å². The van der Waals surface area contributed by atoms with E-state index in [9.17, 15) is 22.8 Å². The van der Waals surface area contributed by atoms with E-state index in [1.54, 1.807) is 31.2 Å². The van der Waals surface area contributed by atoms with E-state index in [1.165, 1.54) is 28.6 Å². The number of benzene rings is 2. The summed E-state index contributed by atoms with van der Waals surface area (Å²) in [5, 5.41) is 5.29. The summed E-state index contributed by atoms with van der Waals surface area (Å²) in [5.41, 5.74) is -0.263. The first kappa shape index (κ1) is 24.9. The van der Waals surface area contributed by atoms with Gasteiger partial charge in [-0.1, -0.05) is 44.2 Å². The molecule has 3 atom stereocenters. The molecule has 0 spiro atoms. The van der Waals surface area contributed by atoms with E-state index >= 15 is 0 Å². The quantitative estimate of drug-likeness (QED) is 0.594. The Morgan fingerprint density at radius 1 is 1.03 bits per heavy atom. The number of sulfonamides is 1. The predicted octanol–water partition coefficient (Wildman–Crippen LogP) is 2.76. The van der Waals surface area contributed by atoms with E-state index in [2.05, 4.69) is 10.6 Å². The highest BCUT2D eigenvalue weighted by Gasteiger charge is 2.49. The van der Waals surface area contributed by atoms with E-state index < -0.39 is 40.0 Å². The number of imide groups is 1. The molecule has 0 radical (unpaired) electrons. The molecule has 2 heterocycles. The van der Waals surface area contributed by atoms with E-state index in [0.717, 1.165) is 11.3 Å². The first-order chi connectivity index (χ1) is 16.5. The minimum absolute atomic E-state index is 0.157. The van der Waals surface area contributed by atoms with Crippen molar-refractivity contribution in [3.8, 4) is 0 Å². The third-order valence-electron chi connectivity index (χ3n) is 6.54. The lowest BCUT2D eigenvalue weighted by Gasteiger charge is -2.34. The molecule has 2 aromatic carbocycles. The largest absolute Gasteiger partial charge is 0.325 e. The fraction of sp³-hybridized carbons (Fsp3) is 0.400. The van der Waals surface area contributed by atoms with Crippen molar-refractivity contribution in [2.45, 2.75) is 37.6 Å². The van der Waals surface area contributed by atoms with Crippen LogP contribution in [0.1, 0.15) is 32.8 Å². The van der Waals surface area contributed by atoms with Crippen molar-refractivity contribution in [2.24, 2.45) is 11.8 Å². The lowest BCUT2D eigenvalue weighted by atomic mass is 9.92. The van der Waals surface area contributed by atoms with Gasteiger partial charge < -0.3 is 10.6 Å². The first-order valence-electron chi connectivity index (χ1n) is 11.6. The van der Waals surface area contributed by atoms with Gasteiger partial charge >= 0.3 is 6.03 Å². The topological polar surface area (TPSA) is 116 Å². The lowest BCUT2D eigenvalue weighted by molar-refractivity contribution is -0.133. The molecule has 2 fully saturated rings. The molecule has 4 rings (SSSR count). The van der Waals surface area contributed by atoms with E-state index in [-0.39, 0.29) is 4.90 Å². The number of hydrogen-bond donors (Lipinski definition) is 2. The third kappa shape index (κ3) is 4.94. The van der Waals surface area contributed by atoms with Gasteiger partial charge in [0.15, 0.2) is 0 Å². The number of hydrogen-bond acceptors (Lipinski definition) is 5. The van der Waals surface area contributed by atoms with Crippen LogP contribution in [0.5, 0.6) is 0 Å². The van der Waals surface area contributed by atoms with Gasteiger partial charge in [-0.05, 0) is 55.0 Å². The molecule has 0 aliphatic carbocycles. The molecule has 2 N–H and O–H groups in total. The molecule has 2 saturated heterocycles. The summed E-state index contributed by atoms with van der Waals surface area (Å²) in [6.07, 6.45) is 0.999. The maximum Gasteiger partial charge on any atom is 0.325 e. The molecule has 4 amide bonds. The van der Waals surface area contributed by atoms with Crippen molar-refractivity contribution < 1.29 is 22.8 Å². The second-order valence-corrected chi connectivity index (χ2v) is 11.6. The van der Waals surface area contributed by atoms with E-state index in [0.29, 0.717) is 36.2 Å². The Labute approximate surface area is 205 Å². The molecule has 2 aliphatic rings. The molecule has 2 aliphatic heterocycles. The predicted molar refractivity (Wildman–Crippen MR) is 131 cm³/mol. The normalized spacial score (nSPS) is 25.4. The third-order valence-corrected chi connectivity index (χ3v) is 8.38. The van der Waals surface area contributed by atoms with Crippen molar-refractivity contribution in [1.82, 2.24) is 14.5 Å². The van der Waals surface area contributed by atoms with Crippen LogP contribution in [0.4, 0.5) is 10.5 Å². The van der Waals surface area contributed by atoms with Crippen LogP contribution in [0.25, 0.3) is 0 Å². The Kier molecular flexibility index (Phi) is 6.70. The fourth-order valence-electron chi connectivity index (χ4n) is 4.81. The Balaban J connectivity index is 1.41. The number of piperidine rings is 1. The van der Waals surface area contributed by atoms with Gasteiger partial charge in [0, 0.05) is 18.8 Å². The number of nitrogens with zero attached hydrogens (tertiary/aromatic N) is 2. The summed E-state index contributed by atoms with van der Waals surface area (Å²) in [4.78, 5) is 39.1. The van der Waals surface area contributed by atoms with E-state index in [1.807, 2.05) is 19.9 Å². The monoisotopic (exact) mass is 498 g/mol. The molecule has 0 saturated carbocycles. The van der Waals surface area contributed by atoms with Gasteiger partial charge in [-0.25, -0.2) is 13.2 Å². The van der Waals surface area contributed by atoms with Crippen LogP contribution in [-0.2, 0) is 25.2 Å². The second-order valence-electron chi connectivity index (χ2n) is 9.65. The molecule has 0 bridgehead atoms. The van der Waals surface area contributed by atoms with Crippen molar-refractivity contribution in [3.63, 3.8) is 0 Å². The number of carbonyl (C=O) groups excluding carboxylic acids is 3. The number of carbonyl (C=O) groups is 3. The van der Waals surface area contributed by atoms with Crippen LogP contribution in [0.15, 0.2) is 59.5 Å². The van der Waals surface area contributed by atoms with Crippen LogP contribution in [-0.4, -0.2) is 55.1 Å². The van der Waals surface area contributed by atoms with Crippen molar-refractivity contribution in [3.05, 3.63) is 60.2 Å². The zero-order valence-corrected chi connectivity index (χ0v) is 20.8. The van der Waals surface area contributed by atoms with Gasteiger partial charge in [0.25, 0.3) is 5.91 Å². The Bertz CT molecular complexity index is 1220. The van der Waals surface area contributed by atoms with Crippen molar-refractivity contribution in [2.75, 3.05) is 25.0 Å². The Hall–Kier alpha value is -3.24. The van der Waals surface area contributed by atoms with Crippen LogP contribution < -0.4 is 10.6 Å². The SMILES string of the molecule is C[C@@H]1C[C@H](C)CN(S(=O)(=O)c2ccc(NC(=O)CN3C(=O)N[C@@](C)(c4ccccc4)C3=O)cc2)C1. The summed E-state index contributed by atoms with van der Waals surface area (Å²) in [5.74, 6) is -0.502. The number of rotatable bonds is 6. The maximum absolute atomic E-state index is 13.0. The Morgan fingerprint density at radius 2 is 1.63 bits per heavy atom. The van der Waals surface area contributed by atoms with Gasteiger partial charge in [-0.2, -0.15) is 4.31 Å². The molecule has 186 valence electrons. The average Bonchev–Trinajstić information content (AvgIpc) is 3.03. The molecule has 35 heavy (non-hydrogen) atoms. The molecular formula is C25H30N4O5S. The molecule has 9 nitrogen and oxygen atoms in total. The highest BCUT2D eigenvalue weighted by atomic mass is 32.2. The highest BCUT2D eigenvalue weighted by molar-refractivity contribution is 7.89. The van der Waals surface area contributed by atoms with Crippen LogP contribution in [0.2, 0.25) is 0 Å². The summed E-state index contributed by atoms with van der Waals surface area (Å²) >= 11 is 0. The minimum Gasteiger partial charge on any atom is -0.325 e. The molecule has 0 aromatic heterocycles. The molecular weight excluding hydrogens is 468 g/mol. The van der Waals surface area contributed by atoms with Gasteiger partial charge in [0.05, 0.1) is 4.90 Å². The number of urea groups is 1. The first-order valence-corrected chi connectivity index (χ1v) is 13.0. The van der Waals surface area contributed by atoms with Gasteiger partial charge in [-0.3, -0.25) is 14.5 Å². The highest BCUT2D eigenvalue weighted by Crippen LogP contribution is 2.29. The van der Waals surface area contributed by atoms with Crippen molar-refractivity contribution >= 4 is 33.6 Å².